The molecule has 0 bridgehead atoms. The van der Waals surface area contributed by atoms with Crippen molar-refractivity contribution in [2.75, 3.05) is 33.8 Å². The first-order chi connectivity index (χ1) is 11.9. The van der Waals surface area contributed by atoms with Crippen LogP contribution in [0.5, 0.6) is 0 Å². The summed E-state index contributed by atoms with van der Waals surface area (Å²) in [4.78, 5) is 23.1. The fourth-order valence-electron chi connectivity index (χ4n) is 2.95. The maximum Gasteiger partial charge on any atom is 0.311 e. The van der Waals surface area contributed by atoms with Gasteiger partial charge >= 0.3 is 5.97 Å². The molecule has 1 rings (SSSR count). The number of benzene rings is 1. The average Bonchev–Trinajstić information content (AvgIpc) is 2.53. The highest BCUT2D eigenvalue weighted by Gasteiger charge is 2.32. The van der Waals surface area contributed by atoms with E-state index in [0.29, 0.717) is 24.0 Å². The maximum absolute atomic E-state index is 12.5. The number of carboxylic acids is 1. The van der Waals surface area contributed by atoms with Crippen molar-refractivity contribution in [1.29, 1.82) is 0 Å². The lowest BCUT2D eigenvalue weighted by Crippen LogP contribution is -2.45. The van der Waals surface area contributed by atoms with Gasteiger partial charge in [0.25, 0.3) is 0 Å². The molecule has 0 aromatic heterocycles. The molecule has 1 atom stereocenters. The van der Waals surface area contributed by atoms with E-state index in [1.807, 2.05) is 27.9 Å². The topological polar surface area (TPSA) is 66.4 Å². The summed E-state index contributed by atoms with van der Waals surface area (Å²) in [6, 6.07) is 8.39. The van der Waals surface area contributed by atoms with Crippen molar-refractivity contribution < 1.29 is 23.9 Å². The highest BCUT2D eigenvalue weighted by Crippen LogP contribution is 2.32. The summed E-state index contributed by atoms with van der Waals surface area (Å²) in [5.74, 6) is -1.01. The molecule has 0 radical (unpaired) electrons. The monoisotopic (exact) mass is 363 g/mol. The minimum absolute atomic E-state index is 0.000500. The molecule has 0 spiro atoms. The second-order valence-electron chi connectivity index (χ2n) is 8.54. The molecule has 5 nitrogen and oxygen atoms in total. The van der Waals surface area contributed by atoms with Crippen LogP contribution in [-0.2, 0) is 14.3 Å². The zero-order chi connectivity index (χ0) is 20.0. The van der Waals surface area contributed by atoms with Crippen LogP contribution in [-0.4, -0.2) is 50.2 Å². The molecule has 0 fully saturated rings. The Morgan fingerprint density at radius 3 is 2.27 bits per heavy atom. The van der Waals surface area contributed by atoms with Crippen molar-refractivity contribution in [2.45, 2.75) is 46.5 Å². The predicted octanol–water partition coefficient (Wildman–Crippen LogP) is 2.27. The molecular formula is C21H33NO4. The van der Waals surface area contributed by atoms with Crippen molar-refractivity contribution in [2.24, 2.45) is 5.41 Å². The molecule has 1 aromatic rings. The predicted molar refractivity (Wildman–Crippen MR) is 100 cm³/mol. The number of hydrogen-bond acceptors (Lipinski definition) is 4. The fourth-order valence-corrected chi connectivity index (χ4v) is 2.95. The molecular weight excluding hydrogens is 330 g/mol. The Hall–Kier alpha value is -1.88. The average molecular weight is 363 g/mol. The van der Waals surface area contributed by atoms with Gasteiger partial charge in [0.1, 0.15) is 13.2 Å². The quantitative estimate of drug-likeness (QED) is 0.472. The fraction of sp³-hybridized carbons (Fsp3) is 0.619. The second kappa shape index (κ2) is 9.17. The largest absolute Gasteiger partial charge is 0.550 e. The van der Waals surface area contributed by atoms with Gasteiger partial charge in [-0.05, 0) is 38.7 Å². The van der Waals surface area contributed by atoms with Gasteiger partial charge in [-0.1, -0.05) is 36.8 Å². The molecule has 0 aliphatic rings. The van der Waals surface area contributed by atoms with E-state index in [-0.39, 0.29) is 24.9 Å². The Kier molecular flexibility index (Phi) is 7.82. The van der Waals surface area contributed by atoms with Gasteiger partial charge in [-0.3, -0.25) is 4.79 Å². The number of carboxylic acid groups (broad SMARTS) is 1. The number of likely N-dealkylation sites (N-methyl/N-ethyl adjacent to an activating group) is 1. The summed E-state index contributed by atoms with van der Waals surface area (Å²) in [6.45, 7) is 9.31. The number of quaternary nitrogens is 1. The number of carbonyl (C=O) groups is 2. The molecule has 0 heterocycles. The zero-order valence-electron chi connectivity index (χ0n) is 17.0. The van der Waals surface area contributed by atoms with Crippen molar-refractivity contribution in [3.8, 4) is 0 Å². The van der Waals surface area contributed by atoms with Crippen molar-refractivity contribution in [3.05, 3.63) is 35.4 Å². The first-order valence-corrected chi connectivity index (χ1v) is 9.18. The van der Waals surface area contributed by atoms with E-state index in [1.54, 1.807) is 0 Å². The van der Waals surface area contributed by atoms with Gasteiger partial charge in [-0.15, -0.1) is 0 Å². The number of aliphatic carboxylic acids is 1. The molecule has 1 unspecified atom stereocenters. The number of aryl methyl sites for hydroxylation is 1. The van der Waals surface area contributed by atoms with Crippen LogP contribution in [0.2, 0.25) is 0 Å². The molecule has 0 amide bonds. The lowest BCUT2D eigenvalue weighted by molar-refractivity contribution is -0.890. The normalized spacial score (nSPS) is 13.3. The van der Waals surface area contributed by atoms with Gasteiger partial charge in [-0.2, -0.15) is 0 Å². The van der Waals surface area contributed by atoms with E-state index in [1.165, 1.54) is 11.1 Å². The Bertz CT molecular complexity index is 605. The summed E-state index contributed by atoms with van der Waals surface area (Å²) in [5, 5.41) is 10.6. The number of hydrogen-bond donors (Lipinski definition) is 0. The molecule has 0 aliphatic heterocycles. The molecule has 0 aliphatic carbocycles. The van der Waals surface area contributed by atoms with Crippen LogP contribution in [0, 0.1) is 12.3 Å². The Labute approximate surface area is 157 Å². The lowest BCUT2D eigenvalue weighted by atomic mass is 9.80. The lowest BCUT2D eigenvalue weighted by Gasteiger charge is -2.31. The molecule has 0 saturated carbocycles. The minimum atomic E-state index is -1.06. The van der Waals surface area contributed by atoms with Crippen LogP contribution in [0.25, 0.3) is 0 Å². The number of rotatable bonds is 10. The van der Waals surface area contributed by atoms with E-state index in [0.717, 1.165) is 0 Å². The van der Waals surface area contributed by atoms with Gasteiger partial charge in [0, 0.05) is 12.4 Å². The Morgan fingerprint density at radius 1 is 1.15 bits per heavy atom. The molecule has 0 N–H and O–H groups in total. The SMILES string of the molecule is Cc1ccc(C(C)CC(C)(C)C(=O)OCC[N+](C)(C)CCC(=O)[O-])cc1. The third-order valence-electron chi connectivity index (χ3n) is 4.87. The maximum atomic E-state index is 12.5. The number of esters is 1. The van der Waals surface area contributed by atoms with Crippen LogP contribution in [0.1, 0.15) is 50.7 Å². The molecule has 1 aromatic carbocycles. The molecule has 26 heavy (non-hydrogen) atoms. The summed E-state index contributed by atoms with van der Waals surface area (Å²) < 4.78 is 5.96. The van der Waals surface area contributed by atoms with Gasteiger partial charge in [0.15, 0.2) is 0 Å². The van der Waals surface area contributed by atoms with E-state index in [4.69, 9.17) is 4.74 Å². The zero-order valence-corrected chi connectivity index (χ0v) is 17.0. The van der Waals surface area contributed by atoms with Gasteiger partial charge in [0.05, 0.1) is 26.1 Å². The van der Waals surface area contributed by atoms with Gasteiger partial charge < -0.3 is 19.1 Å². The standard InChI is InChI=1S/C21H33NO4/c1-16-7-9-18(10-8-16)17(2)15-21(3,4)20(25)26-14-13-22(5,6)12-11-19(23)24/h7-10,17H,11-15H2,1-6H3. The highest BCUT2D eigenvalue weighted by molar-refractivity contribution is 5.76. The number of nitrogens with zero attached hydrogens (tertiary/aromatic N) is 1. The van der Waals surface area contributed by atoms with Gasteiger partial charge in [0.2, 0.25) is 0 Å². The summed E-state index contributed by atoms with van der Waals surface area (Å²) in [6.07, 6.45) is 0.707. The van der Waals surface area contributed by atoms with Crippen molar-refractivity contribution in [1.82, 2.24) is 0 Å². The molecule has 146 valence electrons. The van der Waals surface area contributed by atoms with E-state index < -0.39 is 11.4 Å². The van der Waals surface area contributed by atoms with Crippen LogP contribution < -0.4 is 5.11 Å². The van der Waals surface area contributed by atoms with E-state index >= 15 is 0 Å². The summed E-state index contributed by atoms with van der Waals surface area (Å²) >= 11 is 0. The summed E-state index contributed by atoms with van der Waals surface area (Å²) in [5.41, 5.74) is 1.86. The second-order valence-corrected chi connectivity index (χ2v) is 8.54. The number of ether oxygens (including phenoxy) is 1. The third-order valence-corrected chi connectivity index (χ3v) is 4.87. The van der Waals surface area contributed by atoms with Crippen LogP contribution >= 0.6 is 0 Å². The third kappa shape index (κ3) is 7.56. The van der Waals surface area contributed by atoms with Crippen molar-refractivity contribution >= 4 is 11.9 Å². The minimum Gasteiger partial charge on any atom is -0.550 e. The number of carbonyl (C=O) groups excluding carboxylic acids is 2. The van der Waals surface area contributed by atoms with Crippen LogP contribution in [0.3, 0.4) is 0 Å². The van der Waals surface area contributed by atoms with Crippen LogP contribution in [0.15, 0.2) is 24.3 Å². The Balaban J connectivity index is 2.51. The molecule has 5 heteroatoms. The molecule has 0 saturated heterocycles. The Morgan fingerprint density at radius 2 is 1.73 bits per heavy atom. The van der Waals surface area contributed by atoms with E-state index in [9.17, 15) is 14.7 Å². The highest BCUT2D eigenvalue weighted by atomic mass is 16.5. The van der Waals surface area contributed by atoms with Gasteiger partial charge in [-0.25, -0.2) is 0 Å². The van der Waals surface area contributed by atoms with E-state index in [2.05, 4.69) is 38.1 Å². The van der Waals surface area contributed by atoms with Crippen molar-refractivity contribution in [3.63, 3.8) is 0 Å². The van der Waals surface area contributed by atoms with Crippen LogP contribution in [0.4, 0.5) is 0 Å². The first-order valence-electron chi connectivity index (χ1n) is 9.18. The first kappa shape index (κ1) is 22.2. The smallest absolute Gasteiger partial charge is 0.311 e. The summed E-state index contributed by atoms with van der Waals surface area (Å²) in [7, 11) is 3.84.